The number of carbonyl (C=O) groups excluding carboxylic acids is 1. The van der Waals surface area contributed by atoms with E-state index >= 15 is 0 Å². The molecule has 0 bridgehead atoms. The fourth-order valence-corrected chi connectivity index (χ4v) is 5.73. The van der Waals surface area contributed by atoms with E-state index < -0.39 is 18.2 Å². The van der Waals surface area contributed by atoms with E-state index in [4.69, 9.17) is 0 Å². The number of fused-ring (bicyclic) bond motifs is 1. The molecule has 2 unspecified atom stereocenters. The van der Waals surface area contributed by atoms with Crippen molar-refractivity contribution in [2.75, 3.05) is 26.7 Å². The van der Waals surface area contributed by atoms with E-state index in [0.717, 1.165) is 48.7 Å². The zero-order chi connectivity index (χ0) is 27.8. The molecule has 0 saturated heterocycles. The molecule has 0 fully saturated rings. The molecule has 2 aliphatic rings. The van der Waals surface area contributed by atoms with E-state index in [-0.39, 0.29) is 24.9 Å². The van der Waals surface area contributed by atoms with Crippen LogP contribution in [-0.4, -0.2) is 81.9 Å². The summed E-state index contributed by atoms with van der Waals surface area (Å²) in [6.45, 7) is 3.51. The van der Waals surface area contributed by atoms with Gasteiger partial charge < -0.3 is 30.3 Å². The van der Waals surface area contributed by atoms with Crippen LogP contribution in [-0.2, 0) is 16.0 Å². The number of carboxylic acid groups (broad SMARTS) is 1. The Hall–Kier alpha value is -3.30. The van der Waals surface area contributed by atoms with Gasteiger partial charge in [-0.3, -0.25) is 14.9 Å². The largest absolute Gasteiger partial charge is 0.481 e. The predicted octanol–water partition coefficient (Wildman–Crippen LogP) is 3.34. The second-order valence-corrected chi connectivity index (χ2v) is 10.6. The van der Waals surface area contributed by atoms with Crippen molar-refractivity contribution >= 4 is 22.8 Å². The number of para-hydroxylation sites is 1. The molecule has 2 aliphatic heterocycles. The highest BCUT2D eigenvalue weighted by Gasteiger charge is 2.25. The average Bonchev–Trinajstić information content (AvgIpc) is 3.34. The Bertz CT molecular complexity index is 1190. The number of aliphatic hydroxyl groups is 1. The molecular formula is C30H43N5O4. The number of benzene rings is 1. The Labute approximate surface area is 230 Å². The number of carboxylic acids is 1. The van der Waals surface area contributed by atoms with Crippen molar-refractivity contribution in [3.63, 3.8) is 0 Å². The summed E-state index contributed by atoms with van der Waals surface area (Å²) >= 11 is 0. The Morgan fingerprint density at radius 2 is 2.10 bits per heavy atom. The number of rotatable bonds is 14. The van der Waals surface area contributed by atoms with Gasteiger partial charge in [0.25, 0.3) is 0 Å². The molecule has 0 spiro atoms. The number of aliphatic hydroxyl groups excluding tert-OH is 1. The SMILES string of the molecule is CCN(CC(O)N[C@H](CCc1c[nH]c2ccccc12)CC(=O)O)C(=O)CCCC1C=CC2=C(NCCC2)N1C. The van der Waals surface area contributed by atoms with E-state index in [1.165, 1.54) is 11.4 Å². The number of aromatic nitrogens is 1. The fraction of sp³-hybridized carbons (Fsp3) is 0.533. The van der Waals surface area contributed by atoms with Crippen molar-refractivity contribution in [1.82, 2.24) is 25.4 Å². The zero-order valence-electron chi connectivity index (χ0n) is 23.2. The minimum Gasteiger partial charge on any atom is -0.481 e. The first-order valence-corrected chi connectivity index (χ1v) is 14.2. The van der Waals surface area contributed by atoms with Crippen LogP contribution in [0.1, 0.15) is 57.4 Å². The third-order valence-electron chi connectivity index (χ3n) is 7.89. The highest BCUT2D eigenvalue weighted by molar-refractivity contribution is 5.83. The molecule has 2 aromatic rings. The number of H-pyrrole nitrogens is 1. The number of amides is 1. The quantitative estimate of drug-likeness (QED) is 0.234. The van der Waals surface area contributed by atoms with Crippen LogP contribution < -0.4 is 10.6 Å². The maximum Gasteiger partial charge on any atom is 0.304 e. The number of nitrogens with one attached hydrogen (secondary N) is 3. The average molecular weight is 538 g/mol. The van der Waals surface area contributed by atoms with Crippen LogP contribution in [0.3, 0.4) is 0 Å². The van der Waals surface area contributed by atoms with Crippen molar-refractivity contribution in [2.45, 2.75) is 76.6 Å². The summed E-state index contributed by atoms with van der Waals surface area (Å²) in [7, 11) is 2.11. The summed E-state index contributed by atoms with van der Waals surface area (Å²) in [5.41, 5.74) is 3.52. The van der Waals surface area contributed by atoms with Gasteiger partial charge in [-0.2, -0.15) is 0 Å². The molecule has 1 aromatic carbocycles. The molecule has 1 amide bonds. The number of allylic oxidation sites excluding steroid dienone is 2. The van der Waals surface area contributed by atoms with Gasteiger partial charge in [-0.15, -0.1) is 0 Å². The van der Waals surface area contributed by atoms with Crippen LogP contribution in [0.5, 0.6) is 0 Å². The normalized spacial score (nSPS) is 18.5. The van der Waals surface area contributed by atoms with Gasteiger partial charge >= 0.3 is 5.97 Å². The first-order valence-electron chi connectivity index (χ1n) is 14.2. The smallest absolute Gasteiger partial charge is 0.304 e. The van der Waals surface area contributed by atoms with E-state index in [9.17, 15) is 19.8 Å². The maximum absolute atomic E-state index is 13.0. The highest BCUT2D eigenvalue weighted by atomic mass is 16.4. The summed E-state index contributed by atoms with van der Waals surface area (Å²) in [4.78, 5) is 31.6. The molecule has 0 saturated carbocycles. The number of hydrogen-bond acceptors (Lipinski definition) is 6. The van der Waals surface area contributed by atoms with Crippen LogP contribution in [0.15, 0.2) is 54.0 Å². The van der Waals surface area contributed by atoms with Crippen LogP contribution in [0, 0.1) is 0 Å². The van der Waals surface area contributed by atoms with Crippen LogP contribution in [0.4, 0.5) is 0 Å². The summed E-state index contributed by atoms with van der Waals surface area (Å²) in [6.07, 6.45) is 10.9. The van der Waals surface area contributed by atoms with Crippen molar-refractivity contribution < 1.29 is 19.8 Å². The lowest BCUT2D eigenvalue weighted by Crippen LogP contribution is -2.48. The molecule has 5 N–H and O–H groups in total. The minimum absolute atomic E-state index is 0.00469. The monoisotopic (exact) mass is 537 g/mol. The summed E-state index contributed by atoms with van der Waals surface area (Å²) < 4.78 is 0. The van der Waals surface area contributed by atoms with Gasteiger partial charge in [0.1, 0.15) is 12.0 Å². The van der Waals surface area contributed by atoms with E-state index in [2.05, 4.69) is 39.7 Å². The molecule has 9 nitrogen and oxygen atoms in total. The molecule has 3 heterocycles. The van der Waals surface area contributed by atoms with Crippen molar-refractivity contribution in [3.8, 4) is 0 Å². The van der Waals surface area contributed by atoms with E-state index in [1.54, 1.807) is 4.90 Å². The lowest BCUT2D eigenvalue weighted by molar-refractivity contribution is -0.138. The second kappa shape index (κ2) is 13.7. The van der Waals surface area contributed by atoms with Crippen LogP contribution >= 0.6 is 0 Å². The first-order chi connectivity index (χ1) is 18.9. The lowest BCUT2D eigenvalue weighted by Gasteiger charge is -2.37. The van der Waals surface area contributed by atoms with E-state index in [0.29, 0.717) is 25.8 Å². The summed E-state index contributed by atoms with van der Waals surface area (Å²) in [5.74, 6) is 0.297. The van der Waals surface area contributed by atoms with Gasteiger partial charge in [-0.25, -0.2) is 0 Å². The predicted molar refractivity (Wildman–Crippen MR) is 153 cm³/mol. The summed E-state index contributed by atoms with van der Waals surface area (Å²) in [6, 6.07) is 7.86. The first kappa shape index (κ1) is 28.7. The van der Waals surface area contributed by atoms with Gasteiger partial charge in [0, 0.05) is 55.7 Å². The number of hydrogen-bond donors (Lipinski definition) is 5. The number of aliphatic carboxylic acids is 1. The number of likely N-dealkylation sites (N-methyl/N-ethyl adjacent to an activating group) is 2. The summed E-state index contributed by atoms with van der Waals surface area (Å²) in [5, 5.41) is 27.9. The third-order valence-corrected chi connectivity index (χ3v) is 7.89. The molecule has 3 atom stereocenters. The standard InChI is InChI=1S/C30H43N5O4/c1-3-35(28(37)12-6-9-24-16-14-21-8-7-17-31-30(21)34(24)2)20-27(36)33-23(18-29(38)39)15-13-22-19-32-26-11-5-4-10-25(22)26/h4-5,10-11,14,16,19,23-24,27,31-33,36H,3,6-9,12-13,15,17-18,20H2,1-2H3,(H,38,39)/t23-,24?,27?/m1/s1. The lowest BCUT2D eigenvalue weighted by atomic mass is 9.98. The van der Waals surface area contributed by atoms with Gasteiger partial charge in [-0.05, 0) is 62.7 Å². The Morgan fingerprint density at radius 3 is 2.90 bits per heavy atom. The van der Waals surface area contributed by atoms with Gasteiger partial charge in [0.15, 0.2) is 0 Å². The molecule has 9 heteroatoms. The highest BCUT2D eigenvalue weighted by Crippen LogP contribution is 2.26. The van der Waals surface area contributed by atoms with Gasteiger partial charge in [0.05, 0.1) is 13.0 Å². The van der Waals surface area contributed by atoms with Gasteiger partial charge in [0.2, 0.25) is 5.91 Å². The number of aromatic amines is 1. The Morgan fingerprint density at radius 1 is 1.28 bits per heavy atom. The minimum atomic E-state index is -1.00. The Kier molecular flexibility index (Phi) is 10.1. The fourth-order valence-electron chi connectivity index (χ4n) is 5.73. The van der Waals surface area contributed by atoms with Crippen LogP contribution in [0.25, 0.3) is 10.9 Å². The second-order valence-electron chi connectivity index (χ2n) is 10.6. The molecule has 0 aliphatic carbocycles. The molecular weight excluding hydrogens is 494 g/mol. The molecule has 212 valence electrons. The Balaban J connectivity index is 1.24. The van der Waals surface area contributed by atoms with Crippen molar-refractivity contribution in [2.24, 2.45) is 0 Å². The third kappa shape index (κ3) is 7.64. The molecule has 39 heavy (non-hydrogen) atoms. The molecule has 4 rings (SSSR count). The number of nitrogens with zero attached hydrogens (tertiary/aromatic N) is 2. The van der Waals surface area contributed by atoms with Crippen molar-refractivity contribution in [1.29, 1.82) is 0 Å². The zero-order valence-corrected chi connectivity index (χ0v) is 23.2. The molecule has 0 radical (unpaired) electrons. The van der Waals surface area contributed by atoms with Crippen LogP contribution in [0.2, 0.25) is 0 Å². The van der Waals surface area contributed by atoms with Gasteiger partial charge in [-0.1, -0.05) is 30.4 Å². The number of carbonyl (C=O) groups is 2. The van der Waals surface area contributed by atoms with Crippen molar-refractivity contribution in [3.05, 3.63) is 59.6 Å². The molecule has 1 aromatic heterocycles. The topological polar surface area (TPSA) is 121 Å². The maximum atomic E-state index is 13.0. The van der Waals surface area contributed by atoms with E-state index in [1.807, 2.05) is 37.4 Å². The number of aryl methyl sites for hydroxylation is 1.